The van der Waals surface area contributed by atoms with Crippen molar-refractivity contribution in [3.8, 4) is 0 Å². The largest absolute Gasteiger partial charge is 0.467 e. The average molecular weight is 266 g/mol. The highest BCUT2D eigenvalue weighted by Gasteiger charge is 2.13. The van der Waals surface area contributed by atoms with E-state index >= 15 is 0 Å². The zero-order valence-electron chi connectivity index (χ0n) is 9.88. The minimum absolute atomic E-state index is 0.131. The maximum absolute atomic E-state index is 11.4. The van der Waals surface area contributed by atoms with Crippen LogP contribution in [-0.2, 0) is 16.6 Å². The van der Waals surface area contributed by atoms with Crippen LogP contribution in [0.1, 0.15) is 11.3 Å². The van der Waals surface area contributed by atoms with E-state index in [2.05, 4.69) is 5.32 Å². The number of rotatable bonds is 4. The Morgan fingerprint density at radius 3 is 2.67 bits per heavy atom. The summed E-state index contributed by atoms with van der Waals surface area (Å²) in [5.41, 5.74) is 1.32. The van der Waals surface area contributed by atoms with Gasteiger partial charge in [0.25, 0.3) is 0 Å². The van der Waals surface area contributed by atoms with Gasteiger partial charge in [0.2, 0.25) is 10.0 Å². The third-order valence-electron chi connectivity index (χ3n) is 2.62. The number of anilines is 1. The smallest absolute Gasteiger partial charge is 0.238 e. The SMILES string of the molecule is Cc1c(NCc2ccco2)cccc1S(N)(=O)=O. The first-order chi connectivity index (χ1) is 8.48. The fourth-order valence-electron chi connectivity index (χ4n) is 1.71. The number of nitrogens with one attached hydrogen (secondary N) is 1. The normalized spacial score (nSPS) is 11.4. The molecule has 0 fully saturated rings. The molecule has 0 radical (unpaired) electrons. The molecule has 0 aliphatic rings. The molecular weight excluding hydrogens is 252 g/mol. The van der Waals surface area contributed by atoms with Crippen LogP contribution >= 0.6 is 0 Å². The van der Waals surface area contributed by atoms with Gasteiger partial charge in [-0.3, -0.25) is 0 Å². The molecule has 1 heterocycles. The molecule has 0 atom stereocenters. The van der Waals surface area contributed by atoms with Crippen LogP contribution in [-0.4, -0.2) is 8.42 Å². The van der Waals surface area contributed by atoms with Crippen LogP contribution in [0.5, 0.6) is 0 Å². The van der Waals surface area contributed by atoms with E-state index in [0.717, 1.165) is 11.4 Å². The van der Waals surface area contributed by atoms with E-state index in [1.165, 1.54) is 6.07 Å². The van der Waals surface area contributed by atoms with Gasteiger partial charge in [-0.05, 0) is 36.8 Å². The summed E-state index contributed by atoms with van der Waals surface area (Å²) in [5.74, 6) is 0.774. The summed E-state index contributed by atoms with van der Waals surface area (Å²) >= 11 is 0. The Hall–Kier alpha value is -1.79. The fraction of sp³-hybridized carbons (Fsp3) is 0.167. The zero-order chi connectivity index (χ0) is 13.2. The van der Waals surface area contributed by atoms with Crippen molar-refractivity contribution in [1.29, 1.82) is 0 Å². The first-order valence-corrected chi connectivity index (χ1v) is 6.92. The summed E-state index contributed by atoms with van der Waals surface area (Å²) in [6, 6.07) is 8.57. The molecule has 1 aromatic carbocycles. The number of nitrogens with two attached hydrogens (primary N) is 1. The van der Waals surface area contributed by atoms with Gasteiger partial charge in [-0.25, -0.2) is 13.6 Å². The van der Waals surface area contributed by atoms with Gasteiger partial charge >= 0.3 is 0 Å². The molecule has 0 saturated heterocycles. The lowest BCUT2D eigenvalue weighted by molar-refractivity contribution is 0.518. The van der Waals surface area contributed by atoms with Gasteiger partial charge in [0.05, 0.1) is 17.7 Å². The standard InChI is InChI=1S/C12H14N2O3S/c1-9-11(14-8-10-4-3-7-17-10)5-2-6-12(9)18(13,15)16/h2-7,14H,8H2,1H3,(H2,13,15,16). The number of primary sulfonamides is 1. The number of hydrogen-bond donors (Lipinski definition) is 2. The van der Waals surface area contributed by atoms with Crippen molar-refractivity contribution in [2.24, 2.45) is 5.14 Å². The molecule has 0 bridgehead atoms. The molecule has 0 aliphatic heterocycles. The van der Waals surface area contributed by atoms with Gasteiger partial charge in [-0.1, -0.05) is 6.07 Å². The van der Waals surface area contributed by atoms with Crippen molar-refractivity contribution < 1.29 is 12.8 Å². The third kappa shape index (κ3) is 2.72. The van der Waals surface area contributed by atoms with Crippen molar-refractivity contribution >= 4 is 15.7 Å². The summed E-state index contributed by atoms with van der Waals surface area (Å²) in [7, 11) is -3.69. The van der Waals surface area contributed by atoms with Crippen LogP contribution in [0, 0.1) is 6.92 Å². The lowest BCUT2D eigenvalue weighted by Crippen LogP contribution is -2.14. The highest BCUT2D eigenvalue weighted by atomic mass is 32.2. The van der Waals surface area contributed by atoms with E-state index < -0.39 is 10.0 Å². The van der Waals surface area contributed by atoms with E-state index in [9.17, 15) is 8.42 Å². The molecule has 0 unspecified atom stereocenters. The Labute approximate surface area is 106 Å². The predicted octanol–water partition coefficient (Wildman–Crippen LogP) is 1.85. The second-order valence-electron chi connectivity index (χ2n) is 3.91. The van der Waals surface area contributed by atoms with Gasteiger partial charge in [0.15, 0.2) is 0 Å². The van der Waals surface area contributed by atoms with Gasteiger partial charge in [-0.15, -0.1) is 0 Å². The Kier molecular flexibility index (Phi) is 3.40. The van der Waals surface area contributed by atoms with E-state index in [4.69, 9.17) is 9.56 Å². The van der Waals surface area contributed by atoms with Gasteiger partial charge < -0.3 is 9.73 Å². The van der Waals surface area contributed by atoms with Crippen molar-refractivity contribution in [3.63, 3.8) is 0 Å². The molecule has 1 aromatic heterocycles. The van der Waals surface area contributed by atoms with Gasteiger partial charge in [0.1, 0.15) is 5.76 Å². The second-order valence-corrected chi connectivity index (χ2v) is 5.44. The van der Waals surface area contributed by atoms with E-state index in [0.29, 0.717) is 12.1 Å². The van der Waals surface area contributed by atoms with Crippen molar-refractivity contribution in [2.75, 3.05) is 5.32 Å². The fourth-order valence-corrected chi connectivity index (χ4v) is 2.51. The second kappa shape index (κ2) is 4.83. The molecule has 18 heavy (non-hydrogen) atoms. The van der Waals surface area contributed by atoms with E-state index in [-0.39, 0.29) is 4.90 Å². The van der Waals surface area contributed by atoms with E-state index in [1.807, 2.05) is 6.07 Å². The Balaban J connectivity index is 2.24. The number of benzene rings is 1. The lowest BCUT2D eigenvalue weighted by atomic mass is 10.2. The van der Waals surface area contributed by atoms with Gasteiger partial charge in [-0.2, -0.15) is 0 Å². The summed E-state index contributed by atoms with van der Waals surface area (Å²) in [6.07, 6.45) is 1.59. The average Bonchev–Trinajstić information content (AvgIpc) is 2.79. The van der Waals surface area contributed by atoms with E-state index in [1.54, 1.807) is 31.4 Å². The number of sulfonamides is 1. The topological polar surface area (TPSA) is 85.3 Å². The van der Waals surface area contributed by atoms with Crippen molar-refractivity contribution in [2.45, 2.75) is 18.4 Å². The molecular formula is C12H14N2O3S. The first-order valence-electron chi connectivity index (χ1n) is 5.37. The maximum atomic E-state index is 11.4. The lowest BCUT2D eigenvalue weighted by Gasteiger charge is -2.11. The Morgan fingerprint density at radius 2 is 2.06 bits per heavy atom. The minimum Gasteiger partial charge on any atom is -0.467 e. The predicted molar refractivity (Wildman–Crippen MR) is 68.6 cm³/mol. The van der Waals surface area contributed by atoms with Gasteiger partial charge in [0, 0.05) is 5.69 Å². The zero-order valence-corrected chi connectivity index (χ0v) is 10.7. The molecule has 96 valence electrons. The molecule has 2 aromatic rings. The molecule has 3 N–H and O–H groups in total. The first kappa shape index (κ1) is 12.7. The molecule has 0 saturated carbocycles. The molecule has 0 aliphatic carbocycles. The van der Waals surface area contributed by atoms with Crippen LogP contribution < -0.4 is 10.5 Å². The van der Waals surface area contributed by atoms with Crippen LogP contribution in [0.2, 0.25) is 0 Å². The summed E-state index contributed by atoms with van der Waals surface area (Å²) in [4.78, 5) is 0.131. The number of furan rings is 1. The van der Waals surface area contributed by atoms with Crippen LogP contribution in [0.25, 0.3) is 0 Å². The quantitative estimate of drug-likeness (QED) is 0.884. The molecule has 6 heteroatoms. The summed E-state index contributed by atoms with van der Waals surface area (Å²) in [5, 5.41) is 8.26. The third-order valence-corrected chi connectivity index (χ3v) is 3.68. The number of hydrogen-bond acceptors (Lipinski definition) is 4. The maximum Gasteiger partial charge on any atom is 0.238 e. The van der Waals surface area contributed by atoms with Crippen LogP contribution in [0.15, 0.2) is 45.9 Å². The summed E-state index contributed by atoms with van der Waals surface area (Å²) < 4.78 is 27.9. The Morgan fingerprint density at radius 1 is 1.28 bits per heavy atom. The van der Waals surface area contributed by atoms with Crippen LogP contribution in [0.4, 0.5) is 5.69 Å². The molecule has 0 spiro atoms. The van der Waals surface area contributed by atoms with Crippen LogP contribution in [0.3, 0.4) is 0 Å². The van der Waals surface area contributed by atoms with Crippen molar-refractivity contribution in [3.05, 3.63) is 47.9 Å². The monoisotopic (exact) mass is 266 g/mol. The highest BCUT2D eigenvalue weighted by molar-refractivity contribution is 7.89. The Bertz CT molecular complexity index is 633. The summed E-state index contributed by atoms with van der Waals surface area (Å²) in [6.45, 7) is 2.20. The molecule has 0 amide bonds. The van der Waals surface area contributed by atoms with Crippen molar-refractivity contribution in [1.82, 2.24) is 0 Å². The minimum atomic E-state index is -3.69. The highest BCUT2D eigenvalue weighted by Crippen LogP contribution is 2.22. The molecule has 2 rings (SSSR count). The molecule has 5 nitrogen and oxygen atoms in total.